The number of carbonyl (C=O) groups excluding carboxylic acids is 1. The maximum atomic E-state index is 10.6. The van der Waals surface area contributed by atoms with E-state index in [1.54, 1.807) is 0 Å². The third-order valence-electron chi connectivity index (χ3n) is 1.99. The van der Waals surface area contributed by atoms with Crippen LogP contribution in [0.5, 0.6) is 0 Å². The monoisotopic (exact) mass is 157 g/mol. The van der Waals surface area contributed by atoms with Crippen LogP contribution in [0, 0.1) is 0 Å². The Hall–Kier alpha value is -0.570. The molecule has 1 aliphatic rings. The van der Waals surface area contributed by atoms with E-state index < -0.39 is 0 Å². The summed E-state index contributed by atoms with van der Waals surface area (Å²) in [6.07, 6.45) is 2.42. The highest BCUT2D eigenvalue weighted by molar-refractivity contribution is 5.66. The van der Waals surface area contributed by atoms with Crippen molar-refractivity contribution >= 4 is 5.97 Å². The molecule has 0 radical (unpaired) electrons. The second-order valence-electron chi connectivity index (χ2n) is 2.95. The summed E-state index contributed by atoms with van der Waals surface area (Å²) < 4.78 is 5.02. The molecule has 0 aliphatic carbocycles. The number of hydrogen-bond donors (Lipinski definition) is 0. The summed E-state index contributed by atoms with van der Waals surface area (Å²) in [5, 5.41) is 0. The summed E-state index contributed by atoms with van der Waals surface area (Å²) in [5.41, 5.74) is 0. The van der Waals surface area contributed by atoms with E-state index in [0.717, 1.165) is 13.1 Å². The van der Waals surface area contributed by atoms with Crippen LogP contribution >= 0.6 is 0 Å². The molecular formula is C8H15NO2. The molecule has 0 aromatic rings. The first-order valence-corrected chi connectivity index (χ1v) is 4.11. The largest absolute Gasteiger partial charge is 0.447 e. The summed E-state index contributed by atoms with van der Waals surface area (Å²) in [7, 11) is 0. The van der Waals surface area contributed by atoms with E-state index in [2.05, 4.69) is 4.90 Å². The van der Waals surface area contributed by atoms with Gasteiger partial charge in [-0.15, -0.1) is 0 Å². The quantitative estimate of drug-likeness (QED) is 0.560. The molecule has 1 rings (SSSR count). The molecule has 64 valence electrons. The van der Waals surface area contributed by atoms with Crippen LogP contribution in [0.15, 0.2) is 0 Å². The van der Waals surface area contributed by atoms with Gasteiger partial charge in [0.1, 0.15) is 0 Å². The lowest BCUT2D eigenvalue weighted by Crippen LogP contribution is -2.33. The number of esters is 1. The van der Waals surface area contributed by atoms with Gasteiger partial charge in [0, 0.05) is 20.0 Å². The van der Waals surface area contributed by atoms with Crippen LogP contribution in [0.2, 0.25) is 0 Å². The second-order valence-corrected chi connectivity index (χ2v) is 2.95. The third kappa shape index (κ3) is 2.50. The van der Waals surface area contributed by atoms with Crippen LogP contribution in [0.25, 0.3) is 0 Å². The Labute approximate surface area is 67.3 Å². The summed E-state index contributed by atoms with van der Waals surface area (Å²) in [5.74, 6) is -0.190. The van der Waals surface area contributed by atoms with E-state index in [1.807, 2.05) is 6.92 Å². The van der Waals surface area contributed by atoms with Gasteiger partial charge < -0.3 is 4.74 Å². The van der Waals surface area contributed by atoms with Gasteiger partial charge in [0.25, 0.3) is 0 Å². The first-order chi connectivity index (χ1) is 5.20. The second kappa shape index (κ2) is 3.72. The summed E-state index contributed by atoms with van der Waals surface area (Å²) in [6.45, 7) is 5.50. The zero-order valence-electron chi connectivity index (χ0n) is 7.17. The van der Waals surface area contributed by atoms with Gasteiger partial charge in [0.05, 0.1) is 0 Å². The molecule has 1 unspecified atom stereocenters. The molecule has 1 aliphatic heterocycles. The van der Waals surface area contributed by atoms with E-state index in [-0.39, 0.29) is 12.2 Å². The van der Waals surface area contributed by atoms with Gasteiger partial charge in [-0.2, -0.15) is 0 Å². The minimum Gasteiger partial charge on any atom is -0.447 e. The van der Waals surface area contributed by atoms with Crippen LogP contribution in [-0.2, 0) is 9.53 Å². The Bertz CT molecular complexity index is 141. The molecule has 3 heteroatoms. The molecule has 0 amide bonds. The molecule has 0 N–H and O–H groups in total. The molecule has 1 saturated heterocycles. The maximum absolute atomic E-state index is 10.6. The van der Waals surface area contributed by atoms with Crippen LogP contribution in [-0.4, -0.2) is 30.2 Å². The lowest BCUT2D eigenvalue weighted by molar-refractivity contribution is -0.153. The average Bonchev–Trinajstić information content (AvgIpc) is 2.35. The normalized spacial score (nSPS) is 21.6. The standard InChI is InChI=1S/C8H15NO2/c1-7(11-8(2)10)9-5-3-4-6-9/h7H,3-6H2,1-2H3. The van der Waals surface area contributed by atoms with Crippen molar-refractivity contribution in [2.24, 2.45) is 0 Å². The minimum atomic E-state index is -0.190. The fourth-order valence-electron chi connectivity index (χ4n) is 1.42. The van der Waals surface area contributed by atoms with Crippen molar-refractivity contribution in [2.75, 3.05) is 13.1 Å². The number of hydrogen-bond acceptors (Lipinski definition) is 3. The zero-order valence-corrected chi connectivity index (χ0v) is 7.17. The first kappa shape index (κ1) is 8.53. The van der Waals surface area contributed by atoms with Crippen molar-refractivity contribution in [3.05, 3.63) is 0 Å². The van der Waals surface area contributed by atoms with Gasteiger partial charge in [-0.05, 0) is 19.8 Å². The average molecular weight is 157 g/mol. The highest BCUT2D eigenvalue weighted by Crippen LogP contribution is 2.11. The van der Waals surface area contributed by atoms with Crippen LogP contribution in [0.1, 0.15) is 26.7 Å². The molecule has 1 fully saturated rings. The number of nitrogens with zero attached hydrogens (tertiary/aromatic N) is 1. The maximum Gasteiger partial charge on any atom is 0.304 e. The van der Waals surface area contributed by atoms with Crippen LogP contribution in [0.4, 0.5) is 0 Å². The predicted molar refractivity (Wildman–Crippen MR) is 42.0 cm³/mol. The highest BCUT2D eigenvalue weighted by atomic mass is 16.6. The van der Waals surface area contributed by atoms with Crippen molar-refractivity contribution in [1.82, 2.24) is 4.90 Å². The first-order valence-electron chi connectivity index (χ1n) is 4.11. The van der Waals surface area contributed by atoms with Gasteiger partial charge in [-0.25, -0.2) is 0 Å². The summed E-state index contributed by atoms with van der Waals surface area (Å²) in [4.78, 5) is 12.7. The molecule has 0 saturated carbocycles. The topological polar surface area (TPSA) is 29.5 Å². The van der Waals surface area contributed by atoms with E-state index in [9.17, 15) is 4.79 Å². The number of rotatable bonds is 2. The van der Waals surface area contributed by atoms with Crippen molar-refractivity contribution in [1.29, 1.82) is 0 Å². The van der Waals surface area contributed by atoms with Gasteiger partial charge in [-0.3, -0.25) is 9.69 Å². The highest BCUT2D eigenvalue weighted by Gasteiger charge is 2.19. The molecular weight excluding hydrogens is 142 g/mol. The minimum absolute atomic E-state index is 0.0324. The lowest BCUT2D eigenvalue weighted by Gasteiger charge is -2.22. The van der Waals surface area contributed by atoms with E-state index in [1.165, 1.54) is 19.8 Å². The van der Waals surface area contributed by atoms with Gasteiger partial charge in [-0.1, -0.05) is 0 Å². The van der Waals surface area contributed by atoms with Crippen molar-refractivity contribution in [3.63, 3.8) is 0 Å². The Kier molecular flexibility index (Phi) is 2.88. The molecule has 3 nitrogen and oxygen atoms in total. The summed E-state index contributed by atoms with van der Waals surface area (Å²) >= 11 is 0. The fourth-order valence-corrected chi connectivity index (χ4v) is 1.42. The molecule has 0 aromatic heterocycles. The zero-order chi connectivity index (χ0) is 8.27. The number of carbonyl (C=O) groups is 1. The van der Waals surface area contributed by atoms with Crippen molar-refractivity contribution < 1.29 is 9.53 Å². The Morgan fingerprint density at radius 1 is 1.45 bits per heavy atom. The molecule has 0 spiro atoms. The van der Waals surface area contributed by atoms with Gasteiger partial charge in [0.2, 0.25) is 0 Å². The molecule has 1 heterocycles. The van der Waals surface area contributed by atoms with Crippen molar-refractivity contribution in [2.45, 2.75) is 32.9 Å². The predicted octanol–water partition coefficient (Wildman–Crippen LogP) is 0.991. The van der Waals surface area contributed by atoms with Crippen molar-refractivity contribution in [3.8, 4) is 0 Å². The van der Waals surface area contributed by atoms with Crippen LogP contribution < -0.4 is 0 Å². The lowest BCUT2D eigenvalue weighted by atomic mass is 10.4. The van der Waals surface area contributed by atoms with Gasteiger partial charge >= 0.3 is 5.97 Å². The Morgan fingerprint density at radius 2 is 2.00 bits per heavy atom. The SMILES string of the molecule is CC(=O)OC(C)N1CCCC1. The van der Waals surface area contributed by atoms with Crippen LogP contribution in [0.3, 0.4) is 0 Å². The summed E-state index contributed by atoms with van der Waals surface area (Å²) in [6, 6.07) is 0. The van der Waals surface area contributed by atoms with Gasteiger partial charge in [0.15, 0.2) is 6.23 Å². The van der Waals surface area contributed by atoms with E-state index in [4.69, 9.17) is 4.74 Å². The molecule has 11 heavy (non-hydrogen) atoms. The molecule has 0 bridgehead atoms. The smallest absolute Gasteiger partial charge is 0.304 e. The third-order valence-corrected chi connectivity index (χ3v) is 1.99. The molecule has 0 aromatic carbocycles. The molecule has 1 atom stereocenters. The Morgan fingerprint density at radius 3 is 2.45 bits per heavy atom. The van der Waals surface area contributed by atoms with E-state index in [0.29, 0.717) is 0 Å². The number of ether oxygens (including phenoxy) is 1. The van der Waals surface area contributed by atoms with E-state index >= 15 is 0 Å². The number of likely N-dealkylation sites (tertiary alicyclic amines) is 1. The fraction of sp³-hybridized carbons (Fsp3) is 0.875. The Balaban J connectivity index is 2.28.